The van der Waals surface area contributed by atoms with Gasteiger partial charge in [-0.15, -0.1) is 0 Å². The molecule has 4 heteroatoms. The monoisotopic (exact) mass is 220 g/mol. The molecule has 1 aliphatic carbocycles. The summed E-state index contributed by atoms with van der Waals surface area (Å²) in [6.07, 6.45) is 7.05. The predicted molar refractivity (Wildman–Crippen MR) is 56.9 cm³/mol. The first-order valence-corrected chi connectivity index (χ1v) is 7.37. The van der Waals surface area contributed by atoms with Gasteiger partial charge >= 0.3 is 0 Å². The van der Waals surface area contributed by atoms with Crippen molar-refractivity contribution in [3.8, 4) is 0 Å². The van der Waals surface area contributed by atoms with E-state index in [9.17, 15) is 13.5 Å². The van der Waals surface area contributed by atoms with Crippen LogP contribution in [0, 0.1) is 11.8 Å². The summed E-state index contributed by atoms with van der Waals surface area (Å²) in [5.74, 6) is 0.530. The predicted octanol–water partition coefficient (Wildman–Crippen LogP) is 1.22. The molecule has 1 saturated carbocycles. The number of aliphatic hydroxyl groups excluding tert-OH is 1. The quantitative estimate of drug-likeness (QED) is 0.775. The minimum absolute atomic E-state index is 0.0116. The Morgan fingerprint density at radius 3 is 2.29 bits per heavy atom. The standard InChI is InChI=1S/C10H20O3S/c1-14(12,13)8-10(7-11)9-5-3-2-4-6-9/h9-11H,2-8H2,1H3/t10-/m1/s1. The summed E-state index contributed by atoms with van der Waals surface area (Å²) in [6.45, 7) is 0.0116. The Labute approximate surface area is 86.4 Å². The smallest absolute Gasteiger partial charge is 0.147 e. The molecule has 0 aromatic heterocycles. The van der Waals surface area contributed by atoms with Crippen molar-refractivity contribution in [1.29, 1.82) is 0 Å². The molecule has 0 heterocycles. The molecule has 1 N–H and O–H groups in total. The number of sulfone groups is 1. The summed E-state index contributed by atoms with van der Waals surface area (Å²) in [5, 5.41) is 9.18. The van der Waals surface area contributed by atoms with Crippen LogP contribution in [0.4, 0.5) is 0 Å². The SMILES string of the molecule is CS(=O)(=O)C[C@@H](CO)C1CCCCC1. The molecule has 0 unspecified atom stereocenters. The first-order chi connectivity index (χ1) is 6.53. The van der Waals surface area contributed by atoms with E-state index in [1.807, 2.05) is 0 Å². The van der Waals surface area contributed by atoms with Crippen molar-refractivity contribution in [3.63, 3.8) is 0 Å². The molecule has 14 heavy (non-hydrogen) atoms. The number of rotatable bonds is 4. The minimum Gasteiger partial charge on any atom is -0.396 e. The van der Waals surface area contributed by atoms with Crippen LogP contribution in [0.5, 0.6) is 0 Å². The van der Waals surface area contributed by atoms with Gasteiger partial charge in [-0.3, -0.25) is 0 Å². The molecular formula is C10H20O3S. The largest absolute Gasteiger partial charge is 0.396 e. The van der Waals surface area contributed by atoms with Gasteiger partial charge in [0.05, 0.1) is 5.75 Å². The maximum absolute atomic E-state index is 11.1. The lowest BCUT2D eigenvalue weighted by molar-refractivity contribution is 0.162. The molecular weight excluding hydrogens is 200 g/mol. The third-order valence-electron chi connectivity index (χ3n) is 3.07. The third kappa shape index (κ3) is 3.96. The van der Waals surface area contributed by atoms with Crippen molar-refractivity contribution in [1.82, 2.24) is 0 Å². The molecule has 3 nitrogen and oxygen atoms in total. The fraction of sp³-hybridized carbons (Fsp3) is 1.00. The molecule has 1 rings (SSSR count). The van der Waals surface area contributed by atoms with Gasteiger partial charge in [-0.05, 0) is 11.8 Å². The maximum atomic E-state index is 11.1. The van der Waals surface area contributed by atoms with E-state index in [0.717, 1.165) is 12.8 Å². The molecule has 0 aromatic rings. The molecule has 1 atom stereocenters. The van der Waals surface area contributed by atoms with Crippen molar-refractivity contribution >= 4 is 9.84 Å². The zero-order valence-corrected chi connectivity index (χ0v) is 9.59. The molecule has 0 aromatic carbocycles. The fourth-order valence-corrected chi connectivity index (χ4v) is 3.49. The van der Waals surface area contributed by atoms with Gasteiger partial charge in [0.15, 0.2) is 0 Å². The van der Waals surface area contributed by atoms with Gasteiger partial charge in [0.1, 0.15) is 9.84 Å². The Kier molecular flexibility index (Phi) is 4.38. The van der Waals surface area contributed by atoms with E-state index in [0.29, 0.717) is 5.92 Å². The Balaban J connectivity index is 2.52. The Morgan fingerprint density at radius 2 is 1.86 bits per heavy atom. The minimum atomic E-state index is -2.94. The summed E-state index contributed by atoms with van der Waals surface area (Å²) < 4.78 is 22.3. The Hall–Kier alpha value is -0.0900. The number of aliphatic hydroxyl groups is 1. The molecule has 1 aliphatic rings. The highest BCUT2D eigenvalue weighted by Gasteiger charge is 2.25. The van der Waals surface area contributed by atoms with Crippen molar-refractivity contribution in [2.75, 3.05) is 18.6 Å². The molecule has 0 amide bonds. The Morgan fingerprint density at radius 1 is 1.29 bits per heavy atom. The van der Waals surface area contributed by atoms with Crippen LogP contribution in [-0.2, 0) is 9.84 Å². The van der Waals surface area contributed by atoms with E-state index in [4.69, 9.17) is 0 Å². The fourth-order valence-electron chi connectivity index (χ4n) is 2.33. The average Bonchev–Trinajstić information content (AvgIpc) is 2.14. The van der Waals surface area contributed by atoms with Crippen molar-refractivity contribution in [2.45, 2.75) is 32.1 Å². The lowest BCUT2D eigenvalue weighted by atomic mass is 9.81. The summed E-state index contributed by atoms with van der Waals surface area (Å²) >= 11 is 0. The van der Waals surface area contributed by atoms with Crippen molar-refractivity contribution in [2.24, 2.45) is 11.8 Å². The lowest BCUT2D eigenvalue weighted by Gasteiger charge is -2.28. The van der Waals surface area contributed by atoms with E-state index >= 15 is 0 Å². The lowest BCUT2D eigenvalue weighted by Crippen LogP contribution is -2.27. The van der Waals surface area contributed by atoms with Gasteiger partial charge in [0.2, 0.25) is 0 Å². The zero-order chi connectivity index (χ0) is 10.6. The summed E-state index contributed by atoms with van der Waals surface area (Å²) in [7, 11) is -2.94. The van der Waals surface area contributed by atoms with Crippen LogP contribution in [-0.4, -0.2) is 32.1 Å². The van der Waals surface area contributed by atoms with Crippen LogP contribution >= 0.6 is 0 Å². The van der Waals surface area contributed by atoms with Crippen LogP contribution in [0.3, 0.4) is 0 Å². The Bertz CT molecular complexity index is 253. The first-order valence-electron chi connectivity index (χ1n) is 5.31. The van der Waals surface area contributed by atoms with E-state index in [-0.39, 0.29) is 18.3 Å². The second-order valence-electron chi connectivity index (χ2n) is 4.43. The molecule has 0 spiro atoms. The first kappa shape index (κ1) is 12.0. The highest BCUT2D eigenvalue weighted by atomic mass is 32.2. The molecule has 84 valence electrons. The van der Waals surface area contributed by atoms with Gasteiger partial charge in [0, 0.05) is 12.9 Å². The van der Waals surface area contributed by atoms with Gasteiger partial charge in [-0.1, -0.05) is 32.1 Å². The van der Waals surface area contributed by atoms with Crippen LogP contribution < -0.4 is 0 Å². The van der Waals surface area contributed by atoms with Gasteiger partial charge < -0.3 is 5.11 Å². The van der Waals surface area contributed by atoms with E-state index in [1.54, 1.807) is 0 Å². The molecule has 0 bridgehead atoms. The van der Waals surface area contributed by atoms with Gasteiger partial charge in [-0.2, -0.15) is 0 Å². The van der Waals surface area contributed by atoms with Gasteiger partial charge in [-0.25, -0.2) is 8.42 Å². The second-order valence-corrected chi connectivity index (χ2v) is 6.62. The normalized spacial score (nSPS) is 22.1. The van der Waals surface area contributed by atoms with E-state index < -0.39 is 9.84 Å². The number of hydrogen-bond donors (Lipinski definition) is 1. The highest BCUT2D eigenvalue weighted by Crippen LogP contribution is 2.30. The molecule has 0 saturated heterocycles. The summed E-state index contributed by atoms with van der Waals surface area (Å²) in [4.78, 5) is 0. The zero-order valence-electron chi connectivity index (χ0n) is 8.78. The number of hydrogen-bond acceptors (Lipinski definition) is 3. The second kappa shape index (κ2) is 5.12. The van der Waals surface area contributed by atoms with Crippen LogP contribution in [0.15, 0.2) is 0 Å². The highest BCUT2D eigenvalue weighted by molar-refractivity contribution is 7.90. The van der Waals surface area contributed by atoms with Gasteiger partial charge in [0.25, 0.3) is 0 Å². The maximum Gasteiger partial charge on any atom is 0.147 e. The average molecular weight is 220 g/mol. The van der Waals surface area contributed by atoms with Crippen LogP contribution in [0.1, 0.15) is 32.1 Å². The third-order valence-corrected chi connectivity index (χ3v) is 4.10. The van der Waals surface area contributed by atoms with Crippen LogP contribution in [0.25, 0.3) is 0 Å². The molecule has 0 radical (unpaired) electrons. The van der Waals surface area contributed by atoms with E-state index in [2.05, 4.69) is 0 Å². The summed E-state index contributed by atoms with van der Waals surface area (Å²) in [5.41, 5.74) is 0. The van der Waals surface area contributed by atoms with Crippen molar-refractivity contribution in [3.05, 3.63) is 0 Å². The summed E-state index contributed by atoms with van der Waals surface area (Å²) in [6, 6.07) is 0. The van der Waals surface area contributed by atoms with Crippen molar-refractivity contribution < 1.29 is 13.5 Å². The van der Waals surface area contributed by atoms with Crippen LogP contribution in [0.2, 0.25) is 0 Å². The van der Waals surface area contributed by atoms with E-state index in [1.165, 1.54) is 25.5 Å². The molecule has 0 aliphatic heterocycles. The molecule has 1 fully saturated rings. The topological polar surface area (TPSA) is 54.4 Å².